The van der Waals surface area contributed by atoms with Crippen LogP contribution in [0.4, 0.5) is 22.2 Å². The lowest BCUT2D eigenvalue weighted by Crippen LogP contribution is -2.38. The number of carbonyl (C=O) groups excluding carboxylic acids is 2. The van der Waals surface area contributed by atoms with Gasteiger partial charge < -0.3 is 24.6 Å². The van der Waals surface area contributed by atoms with Gasteiger partial charge in [0.1, 0.15) is 23.1 Å². The zero-order chi connectivity index (χ0) is 31.6. The maximum absolute atomic E-state index is 13.4. The van der Waals surface area contributed by atoms with E-state index in [0.29, 0.717) is 37.9 Å². The van der Waals surface area contributed by atoms with Crippen LogP contribution in [0.2, 0.25) is 0 Å². The van der Waals surface area contributed by atoms with Crippen LogP contribution < -0.4 is 19.7 Å². The normalized spacial score (nSPS) is 14.0. The predicted octanol–water partition coefficient (Wildman–Crippen LogP) is 4.05. The first kappa shape index (κ1) is 33.5. The second kappa shape index (κ2) is 14.9. The Hall–Kier alpha value is -4.05. The molecule has 1 fully saturated rings. The lowest BCUT2D eigenvalue weighted by molar-refractivity contribution is -0.155. The van der Waals surface area contributed by atoms with E-state index in [-0.39, 0.29) is 36.2 Å². The van der Waals surface area contributed by atoms with E-state index in [9.17, 15) is 18.0 Å². The van der Waals surface area contributed by atoms with Gasteiger partial charge in [-0.25, -0.2) is 23.0 Å². The maximum atomic E-state index is 13.4. The highest BCUT2D eigenvalue weighted by atomic mass is 32.2. The van der Waals surface area contributed by atoms with E-state index >= 15 is 0 Å². The van der Waals surface area contributed by atoms with Crippen molar-refractivity contribution >= 4 is 39.5 Å². The third-order valence-electron chi connectivity index (χ3n) is 6.54. The number of hydrogen-bond acceptors (Lipinski definition) is 10. The first-order valence-corrected chi connectivity index (χ1v) is 16.1. The van der Waals surface area contributed by atoms with Crippen molar-refractivity contribution in [2.45, 2.75) is 71.9 Å². The Bertz CT molecular complexity index is 1390. The van der Waals surface area contributed by atoms with Crippen molar-refractivity contribution in [1.29, 1.82) is 0 Å². The van der Waals surface area contributed by atoms with Crippen LogP contribution in [0.15, 0.2) is 30.5 Å². The molecule has 2 N–H and O–H groups in total. The van der Waals surface area contributed by atoms with Crippen LogP contribution in [0.3, 0.4) is 0 Å². The Labute approximate surface area is 254 Å². The smallest absolute Gasteiger partial charge is 0.415 e. The van der Waals surface area contributed by atoms with Gasteiger partial charge in [0.15, 0.2) is 5.82 Å². The Kier molecular flexibility index (Phi) is 11.6. The number of likely N-dealkylation sites (tertiary alicyclic amines) is 1. The van der Waals surface area contributed by atoms with E-state index in [0.717, 1.165) is 18.4 Å². The third kappa shape index (κ3) is 10.3. The number of rotatable bonds is 13. The Morgan fingerprint density at radius 1 is 1.14 bits per heavy atom. The molecule has 2 aromatic rings. The van der Waals surface area contributed by atoms with Gasteiger partial charge in [-0.15, -0.1) is 12.3 Å². The first-order valence-electron chi connectivity index (χ1n) is 14.4. The van der Waals surface area contributed by atoms with Gasteiger partial charge in [-0.05, 0) is 65.2 Å². The van der Waals surface area contributed by atoms with Gasteiger partial charge in [0.2, 0.25) is 16.0 Å². The van der Waals surface area contributed by atoms with Crippen molar-refractivity contribution in [2.24, 2.45) is 0 Å². The molecule has 234 valence electrons. The SMILES string of the molecule is C#CCCS(=O)(=O)Nc1cnc(N(CC)CC)nc1N[C@@H](Cc1ccc(OC(=O)N2CCCC2)cc1)C(=O)OC(C)(C)C. The number of ether oxygens (including phenoxy) is 2. The lowest BCUT2D eigenvalue weighted by atomic mass is 10.1. The fraction of sp³-hybridized carbons (Fsp3) is 0.533. The summed E-state index contributed by atoms with van der Waals surface area (Å²) in [6.45, 7) is 11.8. The van der Waals surface area contributed by atoms with E-state index in [1.165, 1.54) is 6.20 Å². The second-order valence-electron chi connectivity index (χ2n) is 11.1. The fourth-order valence-electron chi connectivity index (χ4n) is 4.35. The molecule has 1 saturated heterocycles. The molecule has 13 heteroatoms. The summed E-state index contributed by atoms with van der Waals surface area (Å²) in [4.78, 5) is 38.3. The Morgan fingerprint density at radius 2 is 1.79 bits per heavy atom. The highest BCUT2D eigenvalue weighted by molar-refractivity contribution is 7.92. The van der Waals surface area contributed by atoms with Crippen LogP contribution in [0.5, 0.6) is 5.75 Å². The number of carbonyl (C=O) groups is 2. The topological polar surface area (TPSA) is 143 Å². The van der Waals surface area contributed by atoms with E-state index in [2.05, 4.69) is 25.9 Å². The molecule has 0 bridgehead atoms. The van der Waals surface area contributed by atoms with Crippen LogP contribution >= 0.6 is 0 Å². The van der Waals surface area contributed by atoms with Crippen molar-refractivity contribution in [3.8, 4) is 18.1 Å². The average Bonchev–Trinajstić information content (AvgIpc) is 3.49. The highest BCUT2D eigenvalue weighted by Crippen LogP contribution is 2.26. The molecule has 1 aliphatic rings. The molecule has 1 aromatic carbocycles. The molecule has 0 saturated carbocycles. The zero-order valence-corrected chi connectivity index (χ0v) is 26.4. The minimum Gasteiger partial charge on any atom is -0.458 e. The second-order valence-corrected chi connectivity index (χ2v) is 13.0. The highest BCUT2D eigenvalue weighted by Gasteiger charge is 2.28. The Balaban J connectivity index is 1.91. The summed E-state index contributed by atoms with van der Waals surface area (Å²) < 4.78 is 39.1. The van der Waals surface area contributed by atoms with Crippen molar-refractivity contribution in [3.63, 3.8) is 0 Å². The van der Waals surface area contributed by atoms with Crippen molar-refractivity contribution < 1.29 is 27.5 Å². The molecule has 1 aromatic heterocycles. The lowest BCUT2D eigenvalue weighted by Gasteiger charge is -2.26. The molecule has 0 unspecified atom stereocenters. The molecule has 0 spiro atoms. The third-order valence-corrected chi connectivity index (χ3v) is 7.81. The standard InChI is InChI=1S/C30H42N6O6S/c1-7-10-19-43(39,40)34-25-21-31-28(35(8-2)9-3)33-26(25)32-24(27(37)42-30(4,5)6)20-22-13-15-23(16-14-22)41-29(38)36-17-11-12-18-36/h1,13-16,21,24,34H,8-12,17-20H2,2-6H3,(H,31,32,33)/t24-/m0/s1. The molecule has 3 rings (SSSR count). The number of nitrogens with one attached hydrogen (secondary N) is 2. The zero-order valence-electron chi connectivity index (χ0n) is 25.6. The van der Waals surface area contributed by atoms with Gasteiger partial charge >= 0.3 is 12.1 Å². The molecule has 0 radical (unpaired) electrons. The van der Waals surface area contributed by atoms with Crippen molar-refractivity contribution in [2.75, 3.05) is 46.9 Å². The first-order chi connectivity index (χ1) is 20.3. The number of terminal acetylenes is 1. The average molecular weight is 615 g/mol. The number of hydrogen-bond donors (Lipinski definition) is 2. The quantitative estimate of drug-likeness (QED) is 0.251. The monoisotopic (exact) mass is 614 g/mol. The van der Waals surface area contributed by atoms with Gasteiger partial charge in [-0.1, -0.05) is 12.1 Å². The molecule has 1 aliphatic heterocycles. The molecule has 1 atom stereocenters. The molecule has 2 heterocycles. The summed E-state index contributed by atoms with van der Waals surface area (Å²) in [6, 6.07) is 5.91. The minimum atomic E-state index is -3.82. The molecule has 1 amide bonds. The van der Waals surface area contributed by atoms with Crippen LogP contribution in [0, 0.1) is 12.3 Å². The summed E-state index contributed by atoms with van der Waals surface area (Å²) >= 11 is 0. The summed E-state index contributed by atoms with van der Waals surface area (Å²) in [7, 11) is -3.82. The van der Waals surface area contributed by atoms with Crippen LogP contribution in [0.25, 0.3) is 0 Å². The number of nitrogens with zero attached hydrogens (tertiary/aromatic N) is 4. The number of benzene rings is 1. The van der Waals surface area contributed by atoms with E-state index in [1.54, 1.807) is 49.9 Å². The molecule has 0 aliphatic carbocycles. The van der Waals surface area contributed by atoms with Gasteiger partial charge in [0.25, 0.3) is 0 Å². The fourth-order valence-corrected chi connectivity index (χ4v) is 5.33. The molecule has 43 heavy (non-hydrogen) atoms. The maximum Gasteiger partial charge on any atom is 0.415 e. The number of esters is 1. The van der Waals surface area contributed by atoms with Crippen LogP contribution in [-0.4, -0.2) is 78.9 Å². The van der Waals surface area contributed by atoms with Crippen LogP contribution in [0.1, 0.15) is 59.4 Å². The van der Waals surface area contributed by atoms with Crippen molar-refractivity contribution in [1.82, 2.24) is 14.9 Å². The van der Waals surface area contributed by atoms with E-state index in [1.807, 2.05) is 18.7 Å². The molecular formula is C30H42N6O6S. The number of anilines is 3. The number of aromatic nitrogens is 2. The van der Waals surface area contributed by atoms with Crippen LogP contribution in [-0.2, 0) is 26.0 Å². The van der Waals surface area contributed by atoms with Gasteiger partial charge in [0, 0.05) is 39.0 Å². The summed E-state index contributed by atoms with van der Waals surface area (Å²) in [6.07, 6.45) is 8.37. The van der Waals surface area contributed by atoms with E-state index in [4.69, 9.17) is 15.9 Å². The largest absolute Gasteiger partial charge is 0.458 e. The van der Waals surface area contributed by atoms with Gasteiger partial charge in [-0.3, -0.25) is 4.72 Å². The number of sulfonamides is 1. The summed E-state index contributed by atoms with van der Waals surface area (Å²) in [5.41, 5.74) is 0.0478. The van der Waals surface area contributed by atoms with Crippen molar-refractivity contribution in [3.05, 3.63) is 36.0 Å². The Morgan fingerprint density at radius 3 is 2.37 bits per heavy atom. The molecule has 12 nitrogen and oxygen atoms in total. The van der Waals surface area contributed by atoms with Gasteiger partial charge in [0.05, 0.1) is 11.9 Å². The summed E-state index contributed by atoms with van der Waals surface area (Å²) in [5, 5.41) is 3.11. The molecular weight excluding hydrogens is 572 g/mol. The van der Waals surface area contributed by atoms with Gasteiger partial charge in [-0.2, -0.15) is 4.98 Å². The predicted molar refractivity (Wildman–Crippen MR) is 167 cm³/mol. The number of amides is 1. The minimum absolute atomic E-state index is 0.0281. The summed E-state index contributed by atoms with van der Waals surface area (Å²) in [5.74, 6) is 2.36. The van der Waals surface area contributed by atoms with E-state index < -0.39 is 27.6 Å².